The number of ether oxygens (including phenoxy) is 1. The minimum absolute atomic E-state index is 0.0341. The zero-order chi connectivity index (χ0) is 16.8. The number of guanidine groups is 1. The molecule has 1 fully saturated rings. The second-order valence-electron chi connectivity index (χ2n) is 5.37. The fourth-order valence-electron chi connectivity index (χ4n) is 2.62. The molecule has 1 aromatic heterocycles. The van der Waals surface area contributed by atoms with Gasteiger partial charge < -0.3 is 20.1 Å². The third kappa shape index (κ3) is 4.83. The second-order valence-corrected chi connectivity index (χ2v) is 7.12. The summed E-state index contributed by atoms with van der Waals surface area (Å²) in [6.45, 7) is 1.83. The maximum atomic E-state index is 11.6. The molecule has 0 amide bonds. The number of piperidine rings is 1. The predicted octanol–water partition coefficient (Wildman–Crippen LogP) is 1.90. The molecule has 0 bridgehead atoms. The number of esters is 1. The molecule has 1 atom stereocenters. The maximum absolute atomic E-state index is 11.6. The summed E-state index contributed by atoms with van der Waals surface area (Å²) in [5.41, 5.74) is 0. The average molecular weight is 360 g/mol. The van der Waals surface area contributed by atoms with Crippen molar-refractivity contribution < 1.29 is 14.6 Å². The van der Waals surface area contributed by atoms with E-state index in [1.807, 2.05) is 6.07 Å². The number of hydrogen-bond donors (Lipinski definition) is 2. The van der Waals surface area contributed by atoms with Gasteiger partial charge in [0.25, 0.3) is 0 Å². The number of carbonyl (C=O) groups excluding carboxylic acids is 1. The van der Waals surface area contributed by atoms with Crippen LogP contribution in [0.2, 0.25) is 4.34 Å². The van der Waals surface area contributed by atoms with E-state index in [-0.39, 0.29) is 11.9 Å². The van der Waals surface area contributed by atoms with Gasteiger partial charge in [0, 0.05) is 31.6 Å². The Labute approximate surface area is 145 Å². The molecule has 2 heterocycles. The Hall–Kier alpha value is -1.31. The van der Waals surface area contributed by atoms with Crippen LogP contribution < -0.4 is 5.32 Å². The summed E-state index contributed by atoms with van der Waals surface area (Å²) in [5, 5.41) is 13.4. The van der Waals surface area contributed by atoms with Crippen LogP contribution in [0.5, 0.6) is 0 Å². The SMILES string of the molecule is CN=C(NCC(O)c1ccc(Cl)s1)N1CCC(C(=O)OC)CC1. The van der Waals surface area contributed by atoms with Gasteiger partial charge in [-0.05, 0) is 25.0 Å². The van der Waals surface area contributed by atoms with Crippen LogP contribution in [0.3, 0.4) is 0 Å². The lowest BCUT2D eigenvalue weighted by molar-refractivity contribution is -0.146. The van der Waals surface area contributed by atoms with Crippen LogP contribution >= 0.6 is 22.9 Å². The van der Waals surface area contributed by atoms with E-state index in [1.165, 1.54) is 18.4 Å². The van der Waals surface area contributed by atoms with E-state index in [0.29, 0.717) is 10.9 Å². The normalized spacial score (nSPS) is 17.9. The highest BCUT2D eigenvalue weighted by Gasteiger charge is 2.27. The van der Waals surface area contributed by atoms with Gasteiger partial charge in [0.15, 0.2) is 5.96 Å². The molecule has 1 saturated heterocycles. The number of hydrogen-bond acceptors (Lipinski definition) is 5. The second kappa shape index (κ2) is 8.52. The van der Waals surface area contributed by atoms with E-state index in [9.17, 15) is 9.90 Å². The maximum Gasteiger partial charge on any atom is 0.308 e. The van der Waals surface area contributed by atoms with Crippen molar-refractivity contribution in [2.45, 2.75) is 18.9 Å². The molecule has 2 rings (SSSR count). The van der Waals surface area contributed by atoms with E-state index in [2.05, 4.69) is 15.2 Å². The number of nitrogens with zero attached hydrogens (tertiary/aromatic N) is 2. The standard InChI is InChI=1S/C15H22ClN3O3S/c1-17-15(18-9-11(20)12-3-4-13(16)23-12)19-7-5-10(6-8-19)14(21)22-2/h3-4,10-11,20H,5-9H2,1-2H3,(H,17,18). The smallest absolute Gasteiger partial charge is 0.308 e. The molecule has 0 saturated carbocycles. The summed E-state index contributed by atoms with van der Waals surface area (Å²) in [6, 6.07) is 3.60. The van der Waals surface area contributed by atoms with Crippen LogP contribution in [0.25, 0.3) is 0 Å². The van der Waals surface area contributed by atoms with Gasteiger partial charge in [-0.3, -0.25) is 9.79 Å². The lowest BCUT2D eigenvalue weighted by atomic mass is 9.97. The first kappa shape index (κ1) is 18.0. The van der Waals surface area contributed by atoms with Crippen molar-refractivity contribution in [1.29, 1.82) is 0 Å². The molecule has 2 N–H and O–H groups in total. The summed E-state index contributed by atoms with van der Waals surface area (Å²) >= 11 is 7.25. The number of aliphatic hydroxyl groups is 1. The number of nitrogens with one attached hydrogen (secondary N) is 1. The van der Waals surface area contributed by atoms with Gasteiger partial charge in [0.05, 0.1) is 17.4 Å². The summed E-state index contributed by atoms with van der Waals surface area (Å²) in [7, 11) is 3.14. The molecule has 1 aromatic rings. The first-order chi connectivity index (χ1) is 11.0. The fourth-order valence-corrected chi connectivity index (χ4v) is 3.67. The minimum atomic E-state index is -0.628. The molecule has 128 valence electrons. The third-order valence-electron chi connectivity index (χ3n) is 3.92. The topological polar surface area (TPSA) is 74.2 Å². The number of carbonyl (C=O) groups is 1. The molecule has 1 unspecified atom stereocenters. The number of likely N-dealkylation sites (tertiary alicyclic amines) is 1. The van der Waals surface area contributed by atoms with E-state index in [0.717, 1.165) is 36.8 Å². The number of rotatable bonds is 4. The van der Waals surface area contributed by atoms with Gasteiger partial charge in [0.1, 0.15) is 6.10 Å². The Bertz CT molecular complexity index is 556. The Kier molecular flexibility index (Phi) is 6.68. The number of aliphatic imine (C=N–C) groups is 1. The molecule has 1 aliphatic rings. The molecular formula is C15H22ClN3O3S. The lowest BCUT2D eigenvalue weighted by Gasteiger charge is -2.33. The number of methoxy groups -OCH3 is 1. The van der Waals surface area contributed by atoms with Crippen LogP contribution in [0.4, 0.5) is 0 Å². The van der Waals surface area contributed by atoms with Gasteiger partial charge in [-0.15, -0.1) is 11.3 Å². The zero-order valence-electron chi connectivity index (χ0n) is 13.3. The van der Waals surface area contributed by atoms with Crippen LogP contribution in [0.1, 0.15) is 23.8 Å². The number of aliphatic hydroxyl groups excluding tert-OH is 1. The van der Waals surface area contributed by atoms with Crippen molar-refractivity contribution >= 4 is 34.9 Å². The molecule has 1 aliphatic heterocycles. The van der Waals surface area contributed by atoms with Gasteiger partial charge >= 0.3 is 5.97 Å². The summed E-state index contributed by atoms with van der Waals surface area (Å²) in [4.78, 5) is 18.7. The third-order valence-corrected chi connectivity index (χ3v) is 5.25. The zero-order valence-corrected chi connectivity index (χ0v) is 14.9. The minimum Gasteiger partial charge on any atom is -0.469 e. The molecular weight excluding hydrogens is 338 g/mol. The first-order valence-electron chi connectivity index (χ1n) is 7.52. The van der Waals surface area contributed by atoms with Gasteiger partial charge in [0.2, 0.25) is 0 Å². The van der Waals surface area contributed by atoms with E-state index in [1.54, 1.807) is 13.1 Å². The highest BCUT2D eigenvalue weighted by Crippen LogP contribution is 2.26. The lowest BCUT2D eigenvalue weighted by Crippen LogP contribution is -2.47. The monoisotopic (exact) mass is 359 g/mol. The van der Waals surface area contributed by atoms with Crippen LogP contribution in [0, 0.1) is 5.92 Å². The predicted molar refractivity (Wildman–Crippen MR) is 92.0 cm³/mol. The molecule has 0 radical (unpaired) electrons. The van der Waals surface area contributed by atoms with Crippen molar-refractivity contribution in [3.8, 4) is 0 Å². The van der Waals surface area contributed by atoms with Crippen molar-refractivity contribution in [1.82, 2.24) is 10.2 Å². The quantitative estimate of drug-likeness (QED) is 0.488. The molecule has 6 nitrogen and oxygen atoms in total. The summed E-state index contributed by atoms with van der Waals surface area (Å²) < 4.78 is 5.46. The highest BCUT2D eigenvalue weighted by atomic mass is 35.5. The van der Waals surface area contributed by atoms with E-state index < -0.39 is 6.10 Å². The van der Waals surface area contributed by atoms with Crippen molar-refractivity contribution in [2.75, 3.05) is 33.8 Å². The highest BCUT2D eigenvalue weighted by molar-refractivity contribution is 7.16. The van der Waals surface area contributed by atoms with Gasteiger partial charge in [-0.2, -0.15) is 0 Å². The Morgan fingerprint density at radius 2 is 2.26 bits per heavy atom. The summed E-state index contributed by atoms with van der Waals surface area (Å²) in [6.07, 6.45) is 0.865. The van der Waals surface area contributed by atoms with Crippen molar-refractivity contribution in [3.05, 3.63) is 21.3 Å². The fraction of sp³-hybridized carbons (Fsp3) is 0.600. The van der Waals surface area contributed by atoms with Crippen LogP contribution in [-0.4, -0.2) is 55.7 Å². The van der Waals surface area contributed by atoms with Crippen molar-refractivity contribution in [2.24, 2.45) is 10.9 Å². The Morgan fingerprint density at radius 3 is 2.78 bits per heavy atom. The molecule has 0 spiro atoms. The number of halogens is 1. The Balaban J connectivity index is 1.83. The Morgan fingerprint density at radius 1 is 1.57 bits per heavy atom. The van der Waals surface area contributed by atoms with Crippen molar-refractivity contribution in [3.63, 3.8) is 0 Å². The van der Waals surface area contributed by atoms with Gasteiger partial charge in [-0.1, -0.05) is 11.6 Å². The largest absolute Gasteiger partial charge is 0.469 e. The summed E-state index contributed by atoms with van der Waals surface area (Å²) in [5.74, 6) is 0.556. The van der Waals surface area contributed by atoms with Crippen LogP contribution in [0.15, 0.2) is 17.1 Å². The van der Waals surface area contributed by atoms with E-state index in [4.69, 9.17) is 16.3 Å². The van der Waals surface area contributed by atoms with Gasteiger partial charge in [-0.25, -0.2) is 0 Å². The number of thiophene rings is 1. The molecule has 23 heavy (non-hydrogen) atoms. The molecule has 0 aliphatic carbocycles. The molecule has 8 heteroatoms. The molecule has 0 aromatic carbocycles. The average Bonchev–Trinajstić information content (AvgIpc) is 3.01. The first-order valence-corrected chi connectivity index (χ1v) is 8.71. The van der Waals surface area contributed by atoms with E-state index >= 15 is 0 Å². The van der Waals surface area contributed by atoms with Crippen LogP contribution in [-0.2, 0) is 9.53 Å².